The summed E-state index contributed by atoms with van der Waals surface area (Å²) in [6.07, 6.45) is 3.28. The monoisotopic (exact) mass is 98.0 g/mol. The SMILES string of the molecule is O=C1[C]CCNN1. The zero-order valence-corrected chi connectivity index (χ0v) is 3.82. The molecular weight excluding hydrogens is 92.1 g/mol. The second kappa shape index (κ2) is 1.93. The average molecular weight is 98.1 g/mol. The van der Waals surface area contributed by atoms with E-state index in [-0.39, 0.29) is 5.91 Å². The van der Waals surface area contributed by atoms with Gasteiger partial charge in [-0.1, -0.05) is 0 Å². The molecule has 0 saturated carbocycles. The molecule has 0 aromatic heterocycles. The van der Waals surface area contributed by atoms with Crippen LogP contribution in [0.4, 0.5) is 0 Å². The first kappa shape index (κ1) is 4.59. The summed E-state index contributed by atoms with van der Waals surface area (Å²) in [5.74, 6) is -0.147. The van der Waals surface area contributed by atoms with E-state index in [2.05, 4.69) is 17.3 Å². The van der Waals surface area contributed by atoms with Gasteiger partial charge in [-0.25, -0.2) is 5.43 Å². The van der Waals surface area contributed by atoms with Crippen molar-refractivity contribution in [3.8, 4) is 0 Å². The number of hydrogen-bond acceptors (Lipinski definition) is 2. The third-order valence-electron chi connectivity index (χ3n) is 0.737. The molecule has 0 spiro atoms. The van der Waals surface area contributed by atoms with E-state index in [9.17, 15) is 4.79 Å². The molecule has 1 saturated heterocycles. The maximum atomic E-state index is 10.2. The Balaban J connectivity index is 2.25. The van der Waals surface area contributed by atoms with Gasteiger partial charge in [0.1, 0.15) is 0 Å². The molecule has 0 unspecified atom stereocenters. The van der Waals surface area contributed by atoms with E-state index in [4.69, 9.17) is 0 Å². The minimum atomic E-state index is -0.147. The van der Waals surface area contributed by atoms with Crippen LogP contribution in [0.5, 0.6) is 0 Å². The molecular formula is C4H6N2O. The van der Waals surface area contributed by atoms with Gasteiger partial charge in [-0.2, -0.15) is 0 Å². The lowest BCUT2D eigenvalue weighted by Crippen LogP contribution is -2.42. The normalized spacial score (nSPS) is 21.4. The summed E-state index contributed by atoms with van der Waals surface area (Å²) >= 11 is 0. The Hall–Kier alpha value is -0.570. The van der Waals surface area contributed by atoms with Crippen molar-refractivity contribution in [3.05, 3.63) is 6.42 Å². The van der Waals surface area contributed by atoms with Gasteiger partial charge in [0.25, 0.3) is 0 Å². The lowest BCUT2D eigenvalue weighted by Gasteiger charge is -2.10. The van der Waals surface area contributed by atoms with Crippen molar-refractivity contribution >= 4 is 5.91 Å². The van der Waals surface area contributed by atoms with Crippen molar-refractivity contribution in [2.24, 2.45) is 0 Å². The molecule has 1 amide bonds. The largest absolute Gasteiger partial charge is 0.291 e. The van der Waals surface area contributed by atoms with Crippen molar-refractivity contribution in [1.82, 2.24) is 10.9 Å². The number of amides is 1. The van der Waals surface area contributed by atoms with Crippen molar-refractivity contribution in [2.45, 2.75) is 6.42 Å². The van der Waals surface area contributed by atoms with Crippen LogP contribution in [0.1, 0.15) is 6.42 Å². The van der Waals surface area contributed by atoms with E-state index in [1.807, 2.05) is 0 Å². The summed E-state index contributed by atoms with van der Waals surface area (Å²) in [5, 5.41) is 0. The van der Waals surface area contributed by atoms with Crippen LogP contribution in [0, 0.1) is 6.42 Å². The zero-order valence-electron chi connectivity index (χ0n) is 3.82. The summed E-state index contributed by atoms with van der Waals surface area (Å²) in [6.45, 7) is 0.797. The summed E-state index contributed by atoms with van der Waals surface area (Å²) in [5.41, 5.74) is 5.05. The number of carbonyl (C=O) groups is 1. The van der Waals surface area contributed by atoms with Crippen LogP contribution < -0.4 is 10.9 Å². The van der Waals surface area contributed by atoms with E-state index < -0.39 is 0 Å². The predicted molar refractivity (Wildman–Crippen MR) is 24.0 cm³/mol. The zero-order chi connectivity index (χ0) is 5.11. The predicted octanol–water partition coefficient (Wildman–Crippen LogP) is -0.908. The topological polar surface area (TPSA) is 41.1 Å². The second-order valence-corrected chi connectivity index (χ2v) is 1.31. The minimum absolute atomic E-state index is 0.147. The maximum Gasteiger partial charge on any atom is 0.242 e. The molecule has 1 heterocycles. The highest BCUT2D eigenvalue weighted by Gasteiger charge is 2.04. The lowest BCUT2D eigenvalue weighted by molar-refractivity contribution is -0.119. The van der Waals surface area contributed by atoms with E-state index >= 15 is 0 Å². The maximum absolute atomic E-state index is 10.2. The first-order chi connectivity index (χ1) is 3.39. The van der Waals surface area contributed by atoms with E-state index in [1.54, 1.807) is 0 Å². The molecule has 2 N–H and O–H groups in total. The number of hydrogen-bond donors (Lipinski definition) is 2. The minimum Gasteiger partial charge on any atom is -0.291 e. The molecule has 0 aliphatic carbocycles. The summed E-state index contributed by atoms with van der Waals surface area (Å²) < 4.78 is 0. The fourth-order valence-electron chi connectivity index (χ4n) is 0.426. The molecule has 3 heteroatoms. The molecule has 1 fully saturated rings. The van der Waals surface area contributed by atoms with E-state index in [0.717, 1.165) is 6.54 Å². The Bertz CT molecular complexity index is 73.8. The van der Waals surface area contributed by atoms with Crippen molar-refractivity contribution in [2.75, 3.05) is 6.54 Å². The Kier molecular flexibility index (Phi) is 1.26. The lowest BCUT2D eigenvalue weighted by atomic mass is 10.3. The van der Waals surface area contributed by atoms with Crippen LogP contribution in [-0.4, -0.2) is 12.5 Å². The summed E-state index contributed by atoms with van der Waals surface area (Å²) in [7, 11) is 0. The molecule has 3 nitrogen and oxygen atoms in total. The Labute approximate surface area is 42.1 Å². The molecule has 2 radical (unpaired) electrons. The quantitative estimate of drug-likeness (QED) is 0.412. The van der Waals surface area contributed by atoms with Gasteiger partial charge in [0.2, 0.25) is 5.91 Å². The smallest absolute Gasteiger partial charge is 0.242 e. The number of rotatable bonds is 0. The van der Waals surface area contributed by atoms with Crippen LogP contribution in [0.25, 0.3) is 0 Å². The number of nitrogens with one attached hydrogen (secondary N) is 2. The Morgan fingerprint density at radius 3 is 2.86 bits per heavy atom. The van der Waals surface area contributed by atoms with Gasteiger partial charge < -0.3 is 0 Å². The van der Waals surface area contributed by atoms with Crippen LogP contribution >= 0.6 is 0 Å². The van der Waals surface area contributed by atoms with Crippen molar-refractivity contribution in [3.63, 3.8) is 0 Å². The highest BCUT2D eigenvalue weighted by molar-refractivity contribution is 5.84. The van der Waals surface area contributed by atoms with E-state index in [0.29, 0.717) is 6.42 Å². The molecule has 1 aliphatic rings. The standard InChI is InChI=1S/C4H6N2O/c7-4-2-1-3-5-6-4/h5H,1,3H2,(H,6,7). The molecule has 0 bridgehead atoms. The first-order valence-electron chi connectivity index (χ1n) is 2.16. The summed E-state index contributed by atoms with van der Waals surface area (Å²) in [6, 6.07) is 0. The van der Waals surface area contributed by atoms with Gasteiger partial charge in [-0.05, 0) is 6.42 Å². The Morgan fingerprint density at radius 1 is 1.71 bits per heavy atom. The third-order valence-corrected chi connectivity index (χ3v) is 0.737. The van der Waals surface area contributed by atoms with Gasteiger partial charge in [-0.15, -0.1) is 0 Å². The van der Waals surface area contributed by atoms with Gasteiger partial charge >= 0.3 is 0 Å². The Morgan fingerprint density at radius 2 is 2.57 bits per heavy atom. The number of hydrazine groups is 1. The second-order valence-electron chi connectivity index (χ2n) is 1.31. The highest BCUT2D eigenvalue weighted by Crippen LogP contribution is 1.86. The van der Waals surface area contributed by atoms with Gasteiger partial charge in [0.15, 0.2) is 0 Å². The van der Waals surface area contributed by atoms with Crippen molar-refractivity contribution in [1.29, 1.82) is 0 Å². The molecule has 0 aromatic rings. The van der Waals surface area contributed by atoms with Gasteiger partial charge in [0, 0.05) is 6.54 Å². The number of carbonyl (C=O) groups excluding carboxylic acids is 1. The summed E-state index contributed by atoms with van der Waals surface area (Å²) in [4.78, 5) is 10.2. The third kappa shape index (κ3) is 1.16. The molecule has 1 rings (SSSR count). The van der Waals surface area contributed by atoms with Crippen LogP contribution in [0.3, 0.4) is 0 Å². The average Bonchev–Trinajstić information content (AvgIpc) is 1.69. The van der Waals surface area contributed by atoms with Crippen LogP contribution in [0.15, 0.2) is 0 Å². The van der Waals surface area contributed by atoms with Crippen LogP contribution in [-0.2, 0) is 4.79 Å². The highest BCUT2D eigenvalue weighted by atomic mass is 16.2. The fraction of sp³-hybridized carbons (Fsp3) is 0.500. The molecule has 1 aliphatic heterocycles. The molecule has 7 heavy (non-hydrogen) atoms. The van der Waals surface area contributed by atoms with Crippen molar-refractivity contribution < 1.29 is 4.79 Å². The van der Waals surface area contributed by atoms with Gasteiger partial charge in [0.05, 0.1) is 6.42 Å². The molecule has 0 aromatic carbocycles. The van der Waals surface area contributed by atoms with E-state index in [1.165, 1.54) is 0 Å². The molecule has 38 valence electrons. The fourth-order valence-corrected chi connectivity index (χ4v) is 0.426. The van der Waals surface area contributed by atoms with Crippen LogP contribution in [0.2, 0.25) is 0 Å². The molecule has 0 atom stereocenters. The van der Waals surface area contributed by atoms with Gasteiger partial charge in [-0.3, -0.25) is 10.2 Å². The first-order valence-corrected chi connectivity index (χ1v) is 2.16.